The number of rotatable bonds is 13. The number of allylic oxidation sites excluding steroid dienone is 1. The van der Waals surface area contributed by atoms with Crippen LogP contribution in [0.2, 0.25) is 0 Å². The third-order valence-electron chi connectivity index (χ3n) is 5.99. The second kappa shape index (κ2) is 15.2. The monoisotopic (exact) mass is 632 g/mol. The van der Waals surface area contributed by atoms with Crippen LogP contribution in [0.1, 0.15) is 54.6 Å². The van der Waals surface area contributed by atoms with E-state index in [1.807, 2.05) is 13.8 Å². The molecule has 0 aliphatic heterocycles. The Balaban J connectivity index is 2.33. The van der Waals surface area contributed by atoms with Crippen LogP contribution in [0.25, 0.3) is 0 Å². The van der Waals surface area contributed by atoms with Gasteiger partial charge in [-0.05, 0) is 55.5 Å². The first kappa shape index (κ1) is 35.6. The SMILES string of the molecule is CC(C)CCNC(=O)Cn1cccc(NC(=O)C(CC/C=C/C(=O)O)NC(=O)c2cc(C(F)(F)F)cc(C(F)(F)F)c2)c1=O. The van der Waals surface area contributed by atoms with Crippen molar-refractivity contribution in [2.45, 2.75) is 58.0 Å². The Morgan fingerprint density at radius 2 is 1.59 bits per heavy atom. The van der Waals surface area contributed by atoms with E-state index in [1.165, 1.54) is 18.3 Å². The van der Waals surface area contributed by atoms with Crippen LogP contribution in [0, 0.1) is 5.92 Å². The highest BCUT2D eigenvalue weighted by atomic mass is 19.4. The molecule has 1 atom stereocenters. The molecule has 2 rings (SSSR count). The zero-order chi connectivity index (χ0) is 33.2. The number of carbonyl (C=O) groups excluding carboxylic acids is 3. The Morgan fingerprint density at radius 1 is 0.977 bits per heavy atom. The van der Waals surface area contributed by atoms with E-state index in [4.69, 9.17) is 5.11 Å². The number of nitrogens with zero attached hydrogens (tertiary/aromatic N) is 1. The van der Waals surface area contributed by atoms with Crippen molar-refractivity contribution in [1.82, 2.24) is 15.2 Å². The summed E-state index contributed by atoms with van der Waals surface area (Å²) < 4.78 is 80.6. The smallest absolute Gasteiger partial charge is 0.416 e. The number of benzene rings is 1. The minimum Gasteiger partial charge on any atom is -0.478 e. The number of carboxylic acid groups (broad SMARTS) is 1. The number of nitrogens with one attached hydrogen (secondary N) is 3. The van der Waals surface area contributed by atoms with Gasteiger partial charge in [0.1, 0.15) is 18.3 Å². The van der Waals surface area contributed by atoms with E-state index in [0.29, 0.717) is 18.9 Å². The maximum atomic E-state index is 13.3. The van der Waals surface area contributed by atoms with Crippen molar-refractivity contribution in [1.29, 1.82) is 0 Å². The minimum absolute atomic E-state index is 0.164. The summed E-state index contributed by atoms with van der Waals surface area (Å²) in [5.74, 6) is -4.04. The standard InChI is InChI=1S/C28H30F6N4O6/c1-16(2)9-10-35-22(39)15-38-11-5-7-21(26(38)44)37-25(43)20(6-3-4-8-23(40)41)36-24(42)17-12-18(27(29,30)31)14-19(13-17)28(32,33)34/h4-5,7-8,11-14,16,20H,3,6,9-10,15H2,1-2H3,(H,35,39)(H,36,42)(H,37,43)(H,40,41)/b8-4+. The number of hydrogen-bond acceptors (Lipinski definition) is 5. The van der Waals surface area contributed by atoms with Gasteiger partial charge in [0.25, 0.3) is 11.5 Å². The van der Waals surface area contributed by atoms with E-state index in [1.54, 1.807) is 0 Å². The zero-order valence-corrected chi connectivity index (χ0v) is 23.5. The molecule has 0 aliphatic rings. The molecule has 240 valence electrons. The Bertz CT molecular complexity index is 1420. The van der Waals surface area contributed by atoms with E-state index >= 15 is 0 Å². The second-order valence-corrected chi connectivity index (χ2v) is 10.0. The van der Waals surface area contributed by atoms with E-state index in [0.717, 1.165) is 16.7 Å². The fraction of sp³-hybridized carbons (Fsp3) is 0.393. The van der Waals surface area contributed by atoms with Crippen molar-refractivity contribution >= 4 is 29.4 Å². The molecule has 1 aromatic heterocycles. The number of hydrogen-bond donors (Lipinski definition) is 4. The molecule has 0 aliphatic carbocycles. The van der Waals surface area contributed by atoms with Crippen LogP contribution >= 0.6 is 0 Å². The summed E-state index contributed by atoms with van der Waals surface area (Å²) in [6, 6.07) is 1.08. The number of aliphatic carboxylic acids is 1. The van der Waals surface area contributed by atoms with Gasteiger partial charge in [-0.25, -0.2) is 4.79 Å². The van der Waals surface area contributed by atoms with Crippen LogP contribution in [0.15, 0.2) is 53.5 Å². The Kier molecular flexibility index (Phi) is 12.3. The lowest BCUT2D eigenvalue weighted by Gasteiger charge is -2.19. The third kappa shape index (κ3) is 11.2. The molecule has 0 spiro atoms. The first-order chi connectivity index (χ1) is 20.4. The van der Waals surface area contributed by atoms with Crippen LogP contribution in [0.3, 0.4) is 0 Å². The van der Waals surface area contributed by atoms with Crippen molar-refractivity contribution in [3.05, 3.63) is 75.7 Å². The average Bonchev–Trinajstić information content (AvgIpc) is 2.90. The topological polar surface area (TPSA) is 147 Å². The number of pyridine rings is 1. The van der Waals surface area contributed by atoms with Gasteiger partial charge in [0, 0.05) is 24.4 Å². The number of carboxylic acids is 1. The third-order valence-corrected chi connectivity index (χ3v) is 5.99. The molecule has 16 heteroatoms. The van der Waals surface area contributed by atoms with Gasteiger partial charge < -0.3 is 25.6 Å². The number of alkyl halides is 6. The summed E-state index contributed by atoms with van der Waals surface area (Å²) in [6.07, 6.45) is -7.18. The predicted molar refractivity (Wildman–Crippen MR) is 146 cm³/mol. The quantitative estimate of drug-likeness (QED) is 0.192. The van der Waals surface area contributed by atoms with Gasteiger partial charge in [-0.2, -0.15) is 26.3 Å². The Labute approximate surface area is 247 Å². The molecular formula is C28H30F6N4O6. The van der Waals surface area contributed by atoms with E-state index in [9.17, 15) is 50.3 Å². The molecule has 0 saturated carbocycles. The van der Waals surface area contributed by atoms with Crippen LogP contribution in [-0.4, -0.2) is 46.0 Å². The van der Waals surface area contributed by atoms with Gasteiger partial charge in [0.05, 0.1) is 11.1 Å². The van der Waals surface area contributed by atoms with Crippen molar-refractivity contribution in [2.24, 2.45) is 5.92 Å². The van der Waals surface area contributed by atoms with Crippen LogP contribution < -0.4 is 21.5 Å². The lowest BCUT2D eigenvalue weighted by atomic mass is 10.0. The lowest BCUT2D eigenvalue weighted by molar-refractivity contribution is -0.143. The zero-order valence-electron chi connectivity index (χ0n) is 23.5. The first-order valence-corrected chi connectivity index (χ1v) is 13.1. The van der Waals surface area contributed by atoms with Crippen molar-refractivity contribution in [3.8, 4) is 0 Å². The molecule has 0 fully saturated rings. The molecule has 0 saturated heterocycles. The number of carbonyl (C=O) groups is 4. The average molecular weight is 633 g/mol. The summed E-state index contributed by atoms with van der Waals surface area (Å²) in [7, 11) is 0. The maximum Gasteiger partial charge on any atom is 0.416 e. The molecule has 10 nitrogen and oxygen atoms in total. The largest absolute Gasteiger partial charge is 0.478 e. The van der Waals surface area contributed by atoms with E-state index in [2.05, 4.69) is 16.0 Å². The molecule has 1 unspecified atom stereocenters. The van der Waals surface area contributed by atoms with Crippen molar-refractivity contribution in [2.75, 3.05) is 11.9 Å². The second-order valence-electron chi connectivity index (χ2n) is 10.0. The Morgan fingerprint density at radius 3 is 2.14 bits per heavy atom. The molecular weight excluding hydrogens is 602 g/mol. The minimum atomic E-state index is -5.23. The molecule has 1 aromatic carbocycles. The normalized spacial score (nSPS) is 12.7. The predicted octanol–water partition coefficient (Wildman–Crippen LogP) is 4.21. The van der Waals surface area contributed by atoms with Gasteiger partial charge in [-0.3, -0.25) is 19.2 Å². The van der Waals surface area contributed by atoms with Gasteiger partial charge >= 0.3 is 18.3 Å². The molecule has 44 heavy (non-hydrogen) atoms. The maximum absolute atomic E-state index is 13.3. The lowest BCUT2D eigenvalue weighted by Crippen LogP contribution is -2.44. The van der Waals surface area contributed by atoms with E-state index in [-0.39, 0.29) is 36.7 Å². The highest BCUT2D eigenvalue weighted by Gasteiger charge is 2.38. The highest BCUT2D eigenvalue weighted by Crippen LogP contribution is 2.36. The van der Waals surface area contributed by atoms with Gasteiger partial charge in [0.15, 0.2) is 0 Å². The summed E-state index contributed by atoms with van der Waals surface area (Å²) in [6.45, 7) is 3.90. The fourth-order valence-electron chi connectivity index (χ4n) is 3.73. The first-order valence-electron chi connectivity index (χ1n) is 13.1. The van der Waals surface area contributed by atoms with Crippen LogP contribution in [-0.2, 0) is 33.3 Å². The number of amides is 3. The molecule has 3 amide bonds. The van der Waals surface area contributed by atoms with Gasteiger partial charge in [-0.1, -0.05) is 19.9 Å². The van der Waals surface area contributed by atoms with Crippen molar-refractivity contribution in [3.63, 3.8) is 0 Å². The summed E-state index contributed by atoms with van der Waals surface area (Å²) >= 11 is 0. The number of anilines is 1. The van der Waals surface area contributed by atoms with Crippen molar-refractivity contribution < 1.29 is 50.6 Å². The fourth-order valence-corrected chi connectivity index (χ4v) is 3.73. The molecule has 0 bridgehead atoms. The number of aromatic nitrogens is 1. The molecule has 1 heterocycles. The van der Waals surface area contributed by atoms with Gasteiger partial charge in [-0.15, -0.1) is 0 Å². The molecule has 0 radical (unpaired) electrons. The summed E-state index contributed by atoms with van der Waals surface area (Å²) in [4.78, 5) is 61.8. The summed E-state index contributed by atoms with van der Waals surface area (Å²) in [5.41, 5.74) is -5.70. The van der Waals surface area contributed by atoms with E-state index < -0.39 is 70.9 Å². The molecule has 2 aromatic rings. The van der Waals surface area contributed by atoms with Gasteiger partial charge in [0.2, 0.25) is 11.8 Å². The van der Waals surface area contributed by atoms with Crippen LogP contribution in [0.4, 0.5) is 32.0 Å². The highest BCUT2D eigenvalue weighted by molar-refractivity contribution is 6.01. The van der Waals surface area contributed by atoms with Crippen LogP contribution in [0.5, 0.6) is 0 Å². The Hall–Kier alpha value is -4.63. The number of halogens is 6. The molecule has 4 N–H and O–H groups in total. The summed E-state index contributed by atoms with van der Waals surface area (Å²) in [5, 5.41) is 15.7.